The highest BCUT2D eigenvalue weighted by atomic mass is 35.5. The molecule has 0 spiro atoms. The fourth-order valence-electron chi connectivity index (χ4n) is 2.32. The van der Waals surface area contributed by atoms with Crippen molar-refractivity contribution in [3.63, 3.8) is 0 Å². The predicted molar refractivity (Wildman–Crippen MR) is 68.2 cm³/mol. The van der Waals surface area contributed by atoms with Crippen molar-refractivity contribution in [3.8, 4) is 5.75 Å². The van der Waals surface area contributed by atoms with Crippen LogP contribution in [0.2, 0.25) is 5.02 Å². The largest absolute Gasteiger partial charge is 0.508 e. The Kier molecular flexibility index (Phi) is 2.54. The molecule has 0 saturated heterocycles. The van der Waals surface area contributed by atoms with E-state index in [1.54, 1.807) is 6.07 Å². The van der Waals surface area contributed by atoms with Crippen LogP contribution in [-0.2, 0) is 6.54 Å². The average molecular weight is 246 g/mol. The van der Waals surface area contributed by atoms with Crippen molar-refractivity contribution in [2.75, 3.05) is 0 Å². The number of rotatable bonds is 1. The van der Waals surface area contributed by atoms with Crippen molar-refractivity contribution >= 4 is 11.6 Å². The van der Waals surface area contributed by atoms with Gasteiger partial charge in [-0.3, -0.25) is 0 Å². The Labute approximate surface area is 105 Å². The fourth-order valence-corrected chi connectivity index (χ4v) is 2.45. The monoisotopic (exact) mass is 245 g/mol. The van der Waals surface area contributed by atoms with Crippen molar-refractivity contribution in [1.82, 2.24) is 5.32 Å². The summed E-state index contributed by atoms with van der Waals surface area (Å²) in [5.41, 5.74) is 3.30. The van der Waals surface area contributed by atoms with E-state index in [4.69, 9.17) is 11.6 Å². The molecule has 0 fully saturated rings. The molecular formula is C14H12ClNO. The van der Waals surface area contributed by atoms with E-state index >= 15 is 0 Å². The number of phenolic OH excluding ortho intramolecular Hbond substituents is 1. The van der Waals surface area contributed by atoms with Crippen molar-refractivity contribution < 1.29 is 5.11 Å². The third-order valence-electron chi connectivity index (χ3n) is 3.18. The van der Waals surface area contributed by atoms with Crippen LogP contribution >= 0.6 is 11.6 Å². The van der Waals surface area contributed by atoms with Gasteiger partial charge in [-0.2, -0.15) is 0 Å². The standard InChI is InChI=1S/C14H12ClNO/c15-10-6-4-9(5-7-10)14-11-2-1-3-13(17)12(11)8-16-14/h1-7,14,16-17H,8H2. The van der Waals surface area contributed by atoms with Crippen LogP contribution in [-0.4, -0.2) is 5.11 Å². The van der Waals surface area contributed by atoms with Gasteiger partial charge in [0, 0.05) is 17.1 Å². The first-order valence-electron chi connectivity index (χ1n) is 5.55. The van der Waals surface area contributed by atoms with Gasteiger partial charge in [0.15, 0.2) is 0 Å². The summed E-state index contributed by atoms with van der Waals surface area (Å²) in [6, 6.07) is 13.6. The maximum absolute atomic E-state index is 9.78. The molecule has 1 aliphatic heterocycles. The van der Waals surface area contributed by atoms with E-state index in [2.05, 4.69) is 5.32 Å². The van der Waals surface area contributed by atoms with E-state index in [0.717, 1.165) is 16.1 Å². The van der Waals surface area contributed by atoms with E-state index < -0.39 is 0 Å². The highest BCUT2D eigenvalue weighted by Gasteiger charge is 2.24. The molecule has 2 N–H and O–H groups in total. The third-order valence-corrected chi connectivity index (χ3v) is 3.44. The van der Waals surface area contributed by atoms with Crippen LogP contribution in [0.25, 0.3) is 0 Å². The molecule has 1 atom stereocenters. The Bertz CT molecular complexity index is 551. The van der Waals surface area contributed by atoms with Crippen molar-refractivity contribution in [2.24, 2.45) is 0 Å². The van der Waals surface area contributed by atoms with Crippen LogP contribution in [0.5, 0.6) is 5.75 Å². The SMILES string of the molecule is Oc1cccc2c1CNC2c1ccc(Cl)cc1. The van der Waals surface area contributed by atoms with Crippen LogP contribution in [0.1, 0.15) is 22.7 Å². The van der Waals surface area contributed by atoms with Crippen molar-refractivity contribution in [2.45, 2.75) is 12.6 Å². The molecule has 1 unspecified atom stereocenters. The Hall–Kier alpha value is -1.51. The summed E-state index contributed by atoms with van der Waals surface area (Å²) in [5.74, 6) is 0.367. The molecule has 0 radical (unpaired) electrons. The molecule has 2 aromatic carbocycles. The second kappa shape index (κ2) is 4.06. The molecule has 2 nitrogen and oxygen atoms in total. The molecule has 1 heterocycles. The summed E-state index contributed by atoms with van der Waals surface area (Å²) in [6.07, 6.45) is 0. The minimum absolute atomic E-state index is 0.148. The van der Waals surface area contributed by atoms with Gasteiger partial charge in [0.1, 0.15) is 5.75 Å². The average Bonchev–Trinajstić information content (AvgIpc) is 2.75. The van der Waals surface area contributed by atoms with Gasteiger partial charge in [-0.05, 0) is 29.3 Å². The minimum Gasteiger partial charge on any atom is -0.508 e. The first-order chi connectivity index (χ1) is 8.25. The molecule has 2 aromatic rings. The summed E-state index contributed by atoms with van der Waals surface area (Å²) >= 11 is 5.88. The Morgan fingerprint density at radius 2 is 1.88 bits per heavy atom. The van der Waals surface area contributed by atoms with Gasteiger partial charge in [-0.1, -0.05) is 35.9 Å². The minimum atomic E-state index is 0.148. The molecule has 0 saturated carbocycles. The molecule has 0 aliphatic carbocycles. The zero-order chi connectivity index (χ0) is 11.8. The number of aromatic hydroxyl groups is 1. The van der Waals surface area contributed by atoms with E-state index in [1.165, 1.54) is 5.56 Å². The maximum Gasteiger partial charge on any atom is 0.120 e. The zero-order valence-electron chi connectivity index (χ0n) is 9.15. The van der Waals surface area contributed by atoms with E-state index in [9.17, 15) is 5.11 Å². The fraction of sp³-hybridized carbons (Fsp3) is 0.143. The molecule has 17 heavy (non-hydrogen) atoms. The van der Waals surface area contributed by atoms with Gasteiger partial charge in [0.25, 0.3) is 0 Å². The van der Waals surface area contributed by atoms with Gasteiger partial charge in [0.05, 0.1) is 6.04 Å². The quantitative estimate of drug-likeness (QED) is 0.809. The summed E-state index contributed by atoms with van der Waals surface area (Å²) in [4.78, 5) is 0. The topological polar surface area (TPSA) is 32.3 Å². The number of fused-ring (bicyclic) bond motifs is 1. The summed E-state index contributed by atoms with van der Waals surface area (Å²) in [5, 5.41) is 13.9. The van der Waals surface area contributed by atoms with Crippen molar-refractivity contribution in [1.29, 1.82) is 0 Å². The normalized spacial score (nSPS) is 18.1. The number of hydrogen-bond acceptors (Lipinski definition) is 2. The molecular weight excluding hydrogens is 234 g/mol. The predicted octanol–water partition coefficient (Wildman–Crippen LogP) is 3.24. The molecule has 0 bridgehead atoms. The molecule has 86 valence electrons. The van der Waals surface area contributed by atoms with Crippen LogP contribution in [0.4, 0.5) is 0 Å². The number of halogens is 1. The van der Waals surface area contributed by atoms with E-state index in [-0.39, 0.29) is 6.04 Å². The lowest BCUT2D eigenvalue weighted by Gasteiger charge is -2.12. The lowest BCUT2D eigenvalue weighted by molar-refractivity contribution is 0.468. The lowest BCUT2D eigenvalue weighted by atomic mass is 9.98. The molecule has 0 aromatic heterocycles. The van der Waals surface area contributed by atoms with Gasteiger partial charge in [-0.25, -0.2) is 0 Å². The van der Waals surface area contributed by atoms with Crippen LogP contribution in [0.15, 0.2) is 42.5 Å². The van der Waals surface area contributed by atoms with Crippen LogP contribution < -0.4 is 5.32 Å². The second-order valence-electron chi connectivity index (χ2n) is 4.21. The summed E-state index contributed by atoms with van der Waals surface area (Å²) in [7, 11) is 0. The number of nitrogens with one attached hydrogen (secondary N) is 1. The smallest absolute Gasteiger partial charge is 0.120 e. The second-order valence-corrected chi connectivity index (χ2v) is 4.65. The van der Waals surface area contributed by atoms with Crippen molar-refractivity contribution in [3.05, 3.63) is 64.2 Å². The van der Waals surface area contributed by atoms with E-state index in [1.807, 2.05) is 36.4 Å². The Morgan fingerprint density at radius 1 is 1.12 bits per heavy atom. The van der Waals surface area contributed by atoms with E-state index in [0.29, 0.717) is 12.3 Å². The molecule has 3 rings (SSSR count). The number of hydrogen-bond donors (Lipinski definition) is 2. The zero-order valence-corrected chi connectivity index (χ0v) is 9.91. The summed E-state index contributed by atoms with van der Waals surface area (Å²) < 4.78 is 0. The highest BCUT2D eigenvalue weighted by Crippen LogP contribution is 2.35. The molecule has 1 aliphatic rings. The van der Waals surface area contributed by atoms with Gasteiger partial charge in [-0.15, -0.1) is 0 Å². The number of benzene rings is 2. The summed E-state index contributed by atoms with van der Waals surface area (Å²) in [6.45, 7) is 0.704. The van der Waals surface area contributed by atoms with Gasteiger partial charge in [0.2, 0.25) is 0 Å². The Balaban J connectivity index is 2.04. The highest BCUT2D eigenvalue weighted by molar-refractivity contribution is 6.30. The first kappa shape index (κ1) is 10.6. The maximum atomic E-state index is 9.78. The lowest BCUT2D eigenvalue weighted by Crippen LogP contribution is -2.12. The molecule has 0 amide bonds. The molecule has 3 heteroatoms. The third kappa shape index (κ3) is 1.79. The Morgan fingerprint density at radius 3 is 2.65 bits per heavy atom. The van der Waals surface area contributed by atoms with Crippen LogP contribution in [0.3, 0.4) is 0 Å². The van der Waals surface area contributed by atoms with Gasteiger partial charge >= 0.3 is 0 Å². The van der Waals surface area contributed by atoms with Crippen LogP contribution in [0, 0.1) is 0 Å². The van der Waals surface area contributed by atoms with Gasteiger partial charge < -0.3 is 10.4 Å². The number of phenols is 1. The first-order valence-corrected chi connectivity index (χ1v) is 5.93.